The number of carbonyl (C=O) groups is 2. The molecule has 0 saturated heterocycles. The molecule has 0 spiro atoms. The summed E-state index contributed by atoms with van der Waals surface area (Å²) in [6.45, 7) is 3.82. The number of fused-ring (bicyclic) bond motifs is 1. The number of aromatic nitrogens is 2. The van der Waals surface area contributed by atoms with Gasteiger partial charge in [0.15, 0.2) is 0 Å². The topological polar surface area (TPSA) is 132 Å². The lowest BCUT2D eigenvalue weighted by Gasteiger charge is -2.23. The van der Waals surface area contributed by atoms with Gasteiger partial charge in [-0.2, -0.15) is 5.26 Å². The van der Waals surface area contributed by atoms with Crippen molar-refractivity contribution >= 4 is 38.7 Å². The first-order valence-electron chi connectivity index (χ1n) is 13.6. The van der Waals surface area contributed by atoms with E-state index in [9.17, 15) is 18.0 Å². The Kier molecular flexibility index (Phi) is 9.93. The molecular weight excluding hydrogens is 556 g/mol. The summed E-state index contributed by atoms with van der Waals surface area (Å²) in [5.74, 6) is -0.250. The predicted molar refractivity (Wildman–Crippen MR) is 157 cm³/mol. The van der Waals surface area contributed by atoms with Crippen LogP contribution in [0, 0.1) is 11.3 Å². The molecule has 0 aliphatic heterocycles. The van der Waals surface area contributed by atoms with Crippen molar-refractivity contribution < 1.29 is 27.5 Å². The number of esters is 2. The lowest BCUT2D eigenvalue weighted by Crippen LogP contribution is -2.36. The maximum absolute atomic E-state index is 13.7. The number of nitriles is 1. The molecule has 0 saturated carbocycles. The molecule has 0 unspecified atom stereocenters. The van der Waals surface area contributed by atoms with Crippen molar-refractivity contribution in [2.24, 2.45) is 0 Å². The highest BCUT2D eigenvalue weighted by Crippen LogP contribution is 2.29. The third-order valence-corrected chi connectivity index (χ3v) is 8.31. The second kappa shape index (κ2) is 13.8. The van der Waals surface area contributed by atoms with Crippen LogP contribution in [0.5, 0.6) is 0 Å². The second-order valence-corrected chi connectivity index (χ2v) is 11.2. The molecule has 4 aromatic rings. The number of hydrogen-bond donors (Lipinski definition) is 0. The Balaban J connectivity index is 1.75. The highest BCUT2D eigenvalue weighted by atomic mass is 32.2. The van der Waals surface area contributed by atoms with Crippen LogP contribution in [0.4, 0.5) is 5.69 Å². The van der Waals surface area contributed by atoms with Gasteiger partial charge in [-0.15, -0.1) is 0 Å². The molecule has 11 heteroatoms. The first-order chi connectivity index (χ1) is 20.3. The fourth-order valence-electron chi connectivity index (χ4n) is 4.56. The fourth-order valence-corrected chi connectivity index (χ4v) is 5.98. The molecule has 0 fully saturated rings. The average Bonchev–Trinajstić information content (AvgIpc) is 3.32. The van der Waals surface area contributed by atoms with E-state index in [-0.39, 0.29) is 29.6 Å². The molecule has 0 aliphatic rings. The number of ether oxygens (including phenoxy) is 2. The van der Waals surface area contributed by atoms with Gasteiger partial charge in [0.25, 0.3) is 10.0 Å². The summed E-state index contributed by atoms with van der Waals surface area (Å²) in [5, 5.41) is 9.14. The van der Waals surface area contributed by atoms with Crippen LogP contribution < -0.4 is 4.31 Å². The van der Waals surface area contributed by atoms with Gasteiger partial charge in [0.2, 0.25) is 0 Å². The smallest absolute Gasteiger partial charge is 0.326 e. The number of hydrogen-bond acceptors (Lipinski definition) is 8. The minimum atomic E-state index is -4.10. The number of aryl methyl sites for hydroxylation is 1. The quantitative estimate of drug-likeness (QED) is 0.207. The van der Waals surface area contributed by atoms with Crippen molar-refractivity contribution in [1.29, 1.82) is 5.26 Å². The van der Waals surface area contributed by atoms with Crippen molar-refractivity contribution in [2.45, 2.75) is 44.6 Å². The van der Waals surface area contributed by atoms with Gasteiger partial charge in [-0.3, -0.25) is 13.9 Å². The normalized spacial score (nSPS) is 11.2. The third kappa shape index (κ3) is 7.14. The van der Waals surface area contributed by atoms with Gasteiger partial charge in [0.05, 0.1) is 46.5 Å². The van der Waals surface area contributed by atoms with E-state index in [1.165, 1.54) is 12.1 Å². The molecule has 218 valence electrons. The van der Waals surface area contributed by atoms with E-state index in [0.717, 1.165) is 15.4 Å². The Morgan fingerprint density at radius 1 is 0.952 bits per heavy atom. The van der Waals surface area contributed by atoms with E-state index in [0.29, 0.717) is 42.9 Å². The van der Waals surface area contributed by atoms with Gasteiger partial charge in [0.1, 0.15) is 12.4 Å². The molecule has 42 heavy (non-hydrogen) atoms. The number of benzene rings is 3. The van der Waals surface area contributed by atoms with Gasteiger partial charge in [-0.25, -0.2) is 13.4 Å². The second-order valence-electron chi connectivity index (χ2n) is 9.38. The molecule has 0 bridgehead atoms. The summed E-state index contributed by atoms with van der Waals surface area (Å²) >= 11 is 0. The maximum atomic E-state index is 13.7. The van der Waals surface area contributed by atoms with E-state index in [2.05, 4.69) is 6.07 Å². The molecule has 0 radical (unpaired) electrons. The van der Waals surface area contributed by atoms with Gasteiger partial charge in [0, 0.05) is 19.4 Å². The van der Waals surface area contributed by atoms with E-state index in [1.54, 1.807) is 62.4 Å². The number of carbonyl (C=O) groups excluding carboxylic acids is 2. The van der Waals surface area contributed by atoms with Gasteiger partial charge in [-0.1, -0.05) is 30.3 Å². The Morgan fingerprint density at radius 3 is 2.31 bits per heavy atom. The summed E-state index contributed by atoms with van der Waals surface area (Å²) in [5.41, 5.74) is 3.03. The summed E-state index contributed by atoms with van der Waals surface area (Å²) in [6, 6.07) is 22.2. The minimum Gasteiger partial charge on any atom is -0.466 e. The maximum Gasteiger partial charge on any atom is 0.326 e. The van der Waals surface area contributed by atoms with Crippen LogP contribution >= 0.6 is 0 Å². The average molecular weight is 589 g/mol. The Hall–Kier alpha value is -4.69. The van der Waals surface area contributed by atoms with Crippen molar-refractivity contribution in [3.63, 3.8) is 0 Å². The predicted octanol–water partition coefficient (Wildman–Crippen LogP) is 4.60. The van der Waals surface area contributed by atoms with Crippen LogP contribution in [0.2, 0.25) is 0 Å². The van der Waals surface area contributed by atoms with E-state index < -0.39 is 22.5 Å². The highest BCUT2D eigenvalue weighted by Gasteiger charge is 2.28. The van der Waals surface area contributed by atoms with E-state index in [1.807, 2.05) is 16.7 Å². The van der Waals surface area contributed by atoms with E-state index >= 15 is 0 Å². The van der Waals surface area contributed by atoms with Crippen molar-refractivity contribution in [3.8, 4) is 6.07 Å². The van der Waals surface area contributed by atoms with Gasteiger partial charge in [-0.05, 0) is 68.3 Å². The lowest BCUT2D eigenvalue weighted by atomic mass is 10.1. The molecular formula is C31H32N4O6S. The standard InChI is InChI=1S/C31H32N4O6S/c1-3-40-30(36)11-8-18-34-28-17-16-25(20-27(28)33-29(34)19-23-12-14-24(21-32)15-13-23)35(22-31(37)41-4-2)42(38,39)26-9-6-5-7-10-26/h5-7,9-10,12-17,20H,3-4,8,11,18-19,22H2,1-2H3. The molecule has 1 heterocycles. The Morgan fingerprint density at radius 2 is 1.64 bits per heavy atom. The number of anilines is 1. The SMILES string of the molecule is CCOC(=O)CCCn1c(Cc2ccc(C#N)cc2)nc2cc(N(CC(=O)OCC)S(=O)(=O)c3ccccc3)ccc21. The summed E-state index contributed by atoms with van der Waals surface area (Å²) < 4.78 is 40.5. The summed E-state index contributed by atoms with van der Waals surface area (Å²) in [7, 11) is -4.10. The molecule has 3 aromatic carbocycles. The highest BCUT2D eigenvalue weighted by molar-refractivity contribution is 7.92. The molecule has 4 rings (SSSR count). The molecule has 0 atom stereocenters. The van der Waals surface area contributed by atoms with Crippen molar-refractivity contribution in [2.75, 3.05) is 24.1 Å². The van der Waals surface area contributed by atoms with Crippen LogP contribution in [-0.2, 0) is 42.1 Å². The summed E-state index contributed by atoms with van der Waals surface area (Å²) in [4.78, 5) is 29.3. The van der Waals surface area contributed by atoms with Crippen LogP contribution in [0.15, 0.2) is 77.7 Å². The van der Waals surface area contributed by atoms with E-state index in [4.69, 9.17) is 19.7 Å². The Bertz CT molecular complexity index is 1690. The minimum absolute atomic E-state index is 0.0420. The monoisotopic (exact) mass is 588 g/mol. The van der Waals surface area contributed by atoms with Crippen LogP contribution in [0.1, 0.15) is 43.6 Å². The van der Waals surface area contributed by atoms with Crippen molar-refractivity contribution in [3.05, 3.63) is 89.7 Å². The molecule has 1 aromatic heterocycles. The fraction of sp³-hybridized carbons (Fsp3) is 0.290. The number of rotatable bonds is 13. The van der Waals surface area contributed by atoms with Crippen molar-refractivity contribution in [1.82, 2.24) is 9.55 Å². The van der Waals surface area contributed by atoms with Crippen LogP contribution in [-0.4, -0.2) is 49.7 Å². The first kappa shape index (κ1) is 30.3. The Labute approximate surface area is 245 Å². The van der Waals surface area contributed by atoms with Crippen LogP contribution in [0.25, 0.3) is 11.0 Å². The van der Waals surface area contributed by atoms with Crippen LogP contribution in [0.3, 0.4) is 0 Å². The zero-order valence-electron chi connectivity index (χ0n) is 23.5. The molecule has 0 aliphatic carbocycles. The number of nitrogens with zero attached hydrogens (tertiary/aromatic N) is 4. The summed E-state index contributed by atoms with van der Waals surface area (Å²) in [6.07, 6.45) is 1.21. The first-order valence-corrected chi connectivity index (χ1v) is 15.1. The van der Waals surface area contributed by atoms with Gasteiger partial charge < -0.3 is 14.0 Å². The molecule has 0 N–H and O–H groups in total. The lowest BCUT2D eigenvalue weighted by molar-refractivity contribution is -0.143. The number of imidazole rings is 1. The third-order valence-electron chi connectivity index (χ3n) is 6.52. The zero-order valence-corrected chi connectivity index (χ0v) is 24.3. The molecule has 10 nitrogen and oxygen atoms in total. The zero-order chi connectivity index (χ0) is 30.1. The molecule has 0 amide bonds. The van der Waals surface area contributed by atoms with Gasteiger partial charge >= 0.3 is 11.9 Å². The number of sulfonamides is 1. The largest absolute Gasteiger partial charge is 0.466 e.